The number of hydrogen-bond acceptors (Lipinski definition) is 5. The molecule has 2 heterocycles. The Labute approximate surface area is 114 Å². The summed E-state index contributed by atoms with van der Waals surface area (Å²) in [5.74, 6) is 1.33. The summed E-state index contributed by atoms with van der Waals surface area (Å²) in [4.78, 5) is 6.37. The number of nitrogens with two attached hydrogens (primary N) is 1. The van der Waals surface area contributed by atoms with Crippen LogP contribution in [0.4, 0.5) is 11.6 Å². The maximum atomic E-state index is 11.5. The molecule has 19 heavy (non-hydrogen) atoms. The molecule has 1 saturated heterocycles. The van der Waals surface area contributed by atoms with Crippen LogP contribution >= 0.6 is 0 Å². The van der Waals surface area contributed by atoms with E-state index in [1.807, 2.05) is 19.2 Å². The first-order valence-electron chi connectivity index (χ1n) is 6.28. The van der Waals surface area contributed by atoms with Gasteiger partial charge in [0.05, 0.1) is 6.26 Å². The van der Waals surface area contributed by atoms with Crippen LogP contribution in [0.5, 0.6) is 0 Å². The van der Waals surface area contributed by atoms with Crippen molar-refractivity contribution in [2.75, 3.05) is 37.0 Å². The van der Waals surface area contributed by atoms with E-state index in [0.29, 0.717) is 24.9 Å². The molecule has 0 bridgehead atoms. The smallest absolute Gasteiger partial charge is 0.211 e. The molecule has 0 aliphatic carbocycles. The van der Waals surface area contributed by atoms with Crippen LogP contribution in [-0.4, -0.2) is 50.1 Å². The molecule has 2 N–H and O–H groups in total. The highest BCUT2D eigenvalue weighted by atomic mass is 32.2. The lowest BCUT2D eigenvalue weighted by Crippen LogP contribution is -2.45. The molecule has 2 rings (SSSR count). The summed E-state index contributed by atoms with van der Waals surface area (Å²) in [7, 11) is -1.09. The van der Waals surface area contributed by atoms with E-state index < -0.39 is 10.0 Å². The van der Waals surface area contributed by atoms with E-state index >= 15 is 0 Å². The largest absolute Gasteiger partial charge is 0.384 e. The number of piperidine rings is 1. The van der Waals surface area contributed by atoms with Gasteiger partial charge in [0.1, 0.15) is 11.6 Å². The van der Waals surface area contributed by atoms with Gasteiger partial charge in [0.2, 0.25) is 10.0 Å². The lowest BCUT2D eigenvalue weighted by molar-refractivity contribution is 0.316. The number of sulfonamides is 1. The molecule has 1 aromatic heterocycles. The summed E-state index contributed by atoms with van der Waals surface area (Å²) >= 11 is 0. The van der Waals surface area contributed by atoms with Gasteiger partial charge < -0.3 is 10.6 Å². The van der Waals surface area contributed by atoms with E-state index in [2.05, 4.69) is 9.88 Å². The van der Waals surface area contributed by atoms with Gasteiger partial charge in [-0.25, -0.2) is 17.7 Å². The highest BCUT2D eigenvalue weighted by molar-refractivity contribution is 7.88. The number of aromatic nitrogens is 1. The topological polar surface area (TPSA) is 79.5 Å². The number of rotatable bonds is 3. The minimum Gasteiger partial charge on any atom is -0.384 e. The number of nitrogen functional groups attached to an aromatic ring is 1. The predicted octanol–water partition coefficient (Wildman–Crippen LogP) is 0.524. The summed E-state index contributed by atoms with van der Waals surface area (Å²) in [5.41, 5.74) is 5.68. The highest BCUT2D eigenvalue weighted by Gasteiger charge is 2.27. The van der Waals surface area contributed by atoms with Crippen molar-refractivity contribution < 1.29 is 8.42 Å². The van der Waals surface area contributed by atoms with Crippen molar-refractivity contribution in [3.8, 4) is 0 Å². The zero-order valence-corrected chi connectivity index (χ0v) is 12.1. The zero-order valence-electron chi connectivity index (χ0n) is 11.3. The summed E-state index contributed by atoms with van der Waals surface area (Å²) in [5, 5.41) is 0. The molecule has 7 heteroatoms. The average molecular weight is 284 g/mol. The van der Waals surface area contributed by atoms with Gasteiger partial charge in [0, 0.05) is 26.2 Å². The first-order chi connectivity index (χ1) is 8.88. The summed E-state index contributed by atoms with van der Waals surface area (Å²) in [6.07, 6.45) is 2.87. The second kappa shape index (κ2) is 5.34. The Morgan fingerprint density at radius 1 is 1.37 bits per heavy atom. The standard InChI is InChI=1S/C12H20N4O2S/c1-15(12-5-3-4-11(13)14-12)10-6-8-16(9-7-10)19(2,17)18/h3-5,10H,6-9H2,1-2H3,(H2,13,14). The highest BCUT2D eigenvalue weighted by Crippen LogP contribution is 2.22. The fourth-order valence-electron chi connectivity index (χ4n) is 2.38. The average Bonchev–Trinajstić information content (AvgIpc) is 2.37. The molecule has 1 aliphatic heterocycles. The molecule has 0 unspecified atom stereocenters. The van der Waals surface area contributed by atoms with Crippen molar-refractivity contribution in [2.24, 2.45) is 0 Å². The molecule has 0 radical (unpaired) electrons. The quantitative estimate of drug-likeness (QED) is 0.875. The van der Waals surface area contributed by atoms with Crippen molar-refractivity contribution in [2.45, 2.75) is 18.9 Å². The molecule has 1 aliphatic rings. The Morgan fingerprint density at radius 2 is 2.00 bits per heavy atom. The molecule has 0 atom stereocenters. The van der Waals surface area contributed by atoms with Crippen LogP contribution in [0.15, 0.2) is 18.2 Å². The molecular weight excluding hydrogens is 264 g/mol. The lowest BCUT2D eigenvalue weighted by Gasteiger charge is -2.36. The van der Waals surface area contributed by atoms with E-state index in [4.69, 9.17) is 5.73 Å². The summed E-state index contributed by atoms with van der Waals surface area (Å²) < 4.78 is 24.5. The number of pyridine rings is 1. The fourth-order valence-corrected chi connectivity index (χ4v) is 3.26. The number of nitrogens with zero attached hydrogens (tertiary/aromatic N) is 3. The van der Waals surface area contributed by atoms with E-state index in [-0.39, 0.29) is 0 Å². The SMILES string of the molecule is CN(c1cccc(N)n1)C1CCN(S(C)(=O)=O)CC1. The third kappa shape index (κ3) is 3.36. The fraction of sp³-hybridized carbons (Fsp3) is 0.583. The van der Waals surface area contributed by atoms with Crippen LogP contribution in [0.2, 0.25) is 0 Å². The van der Waals surface area contributed by atoms with Gasteiger partial charge in [-0.05, 0) is 25.0 Å². The Balaban J connectivity index is 2.02. The van der Waals surface area contributed by atoms with Crippen LogP contribution in [0.3, 0.4) is 0 Å². The van der Waals surface area contributed by atoms with Gasteiger partial charge in [-0.2, -0.15) is 0 Å². The van der Waals surface area contributed by atoms with Crippen LogP contribution < -0.4 is 10.6 Å². The zero-order chi connectivity index (χ0) is 14.0. The second-order valence-corrected chi connectivity index (χ2v) is 6.91. The Kier molecular flexibility index (Phi) is 3.96. The van der Waals surface area contributed by atoms with Crippen molar-refractivity contribution in [1.29, 1.82) is 0 Å². The molecule has 6 nitrogen and oxygen atoms in total. The van der Waals surface area contributed by atoms with Gasteiger partial charge in [-0.3, -0.25) is 0 Å². The normalized spacial score (nSPS) is 18.4. The maximum Gasteiger partial charge on any atom is 0.211 e. The minimum atomic E-state index is -3.07. The van der Waals surface area contributed by atoms with Crippen LogP contribution in [0.1, 0.15) is 12.8 Å². The first kappa shape index (κ1) is 14.1. The van der Waals surface area contributed by atoms with Gasteiger partial charge in [-0.15, -0.1) is 0 Å². The van der Waals surface area contributed by atoms with E-state index in [1.165, 1.54) is 10.6 Å². The molecule has 0 amide bonds. The van der Waals surface area contributed by atoms with E-state index in [1.54, 1.807) is 6.07 Å². The molecule has 0 spiro atoms. The first-order valence-corrected chi connectivity index (χ1v) is 8.13. The Morgan fingerprint density at radius 3 is 2.53 bits per heavy atom. The maximum absolute atomic E-state index is 11.5. The molecule has 0 saturated carbocycles. The molecule has 0 aromatic carbocycles. The third-order valence-corrected chi connectivity index (χ3v) is 4.86. The van der Waals surface area contributed by atoms with E-state index in [0.717, 1.165) is 18.7 Å². The molecule has 106 valence electrons. The number of anilines is 2. The number of hydrogen-bond donors (Lipinski definition) is 1. The van der Waals surface area contributed by atoms with Gasteiger partial charge >= 0.3 is 0 Å². The van der Waals surface area contributed by atoms with Crippen LogP contribution in [0.25, 0.3) is 0 Å². The van der Waals surface area contributed by atoms with Crippen LogP contribution in [0, 0.1) is 0 Å². The summed E-state index contributed by atoms with van der Waals surface area (Å²) in [6, 6.07) is 5.84. The van der Waals surface area contributed by atoms with E-state index in [9.17, 15) is 8.42 Å². The minimum absolute atomic E-state index is 0.298. The molecule has 1 fully saturated rings. The van der Waals surface area contributed by atoms with Crippen LogP contribution in [-0.2, 0) is 10.0 Å². The Hall–Kier alpha value is -1.34. The second-order valence-electron chi connectivity index (χ2n) is 4.92. The monoisotopic (exact) mass is 284 g/mol. The molecule has 1 aromatic rings. The predicted molar refractivity (Wildman–Crippen MR) is 76.5 cm³/mol. The molecular formula is C12H20N4O2S. The third-order valence-electron chi connectivity index (χ3n) is 3.56. The van der Waals surface area contributed by atoms with Crippen molar-refractivity contribution in [3.63, 3.8) is 0 Å². The summed E-state index contributed by atoms with van der Waals surface area (Å²) in [6.45, 7) is 1.13. The van der Waals surface area contributed by atoms with Crippen molar-refractivity contribution in [3.05, 3.63) is 18.2 Å². The van der Waals surface area contributed by atoms with Gasteiger partial charge in [0.25, 0.3) is 0 Å². The van der Waals surface area contributed by atoms with Crippen molar-refractivity contribution in [1.82, 2.24) is 9.29 Å². The lowest BCUT2D eigenvalue weighted by atomic mass is 10.1. The Bertz CT molecular complexity index is 538. The van der Waals surface area contributed by atoms with Gasteiger partial charge in [-0.1, -0.05) is 6.07 Å². The van der Waals surface area contributed by atoms with Crippen molar-refractivity contribution >= 4 is 21.7 Å². The van der Waals surface area contributed by atoms with Gasteiger partial charge in [0.15, 0.2) is 0 Å².